The van der Waals surface area contributed by atoms with Crippen LogP contribution >= 0.6 is 11.8 Å². The van der Waals surface area contributed by atoms with Crippen molar-refractivity contribution in [1.82, 2.24) is 0 Å². The second-order valence-corrected chi connectivity index (χ2v) is 9.11. The Morgan fingerprint density at radius 3 is 2.53 bits per heavy atom. The van der Waals surface area contributed by atoms with Gasteiger partial charge in [0.1, 0.15) is 0 Å². The summed E-state index contributed by atoms with van der Waals surface area (Å²) in [4.78, 5) is 25.1. The third-order valence-corrected chi connectivity index (χ3v) is 6.59. The summed E-state index contributed by atoms with van der Waals surface area (Å²) in [6.45, 7) is 4.06. The Balaban J connectivity index is 1.73. The summed E-state index contributed by atoms with van der Waals surface area (Å²) in [7, 11) is 0. The Kier molecular flexibility index (Phi) is 7.28. The smallest absolute Gasteiger partial charge is 0.255 e. The quantitative estimate of drug-likeness (QED) is 0.190. The Hall–Kier alpha value is -3.64. The van der Waals surface area contributed by atoms with E-state index in [1.165, 1.54) is 17.4 Å². The number of rotatable bonds is 7. The van der Waals surface area contributed by atoms with Gasteiger partial charge in [-0.25, -0.2) is 5.01 Å². The number of hydrogen-bond acceptors (Lipinski definition) is 5. The third kappa shape index (κ3) is 5.13. The molecule has 6 heteroatoms. The monoisotopic (exact) mass is 469 g/mol. The number of benzene rings is 3. The van der Waals surface area contributed by atoms with Gasteiger partial charge in [0.2, 0.25) is 0 Å². The lowest BCUT2D eigenvalue weighted by Gasteiger charge is -2.30. The van der Waals surface area contributed by atoms with Gasteiger partial charge < -0.3 is 5.32 Å². The number of carbonyl (C=O) groups is 2. The predicted octanol–water partition coefficient (Wildman–Crippen LogP) is 6.34. The first kappa shape index (κ1) is 23.5. The van der Waals surface area contributed by atoms with Crippen LogP contribution in [0, 0.1) is 6.92 Å². The number of allylic oxidation sites excluding steroid dienone is 1. The molecule has 3 aromatic carbocycles. The summed E-state index contributed by atoms with van der Waals surface area (Å²) in [5.74, 6) is -0.148. The molecule has 0 aromatic heterocycles. The van der Waals surface area contributed by atoms with Crippen LogP contribution in [0.2, 0.25) is 0 Å². The molecule has 0 saturated carbocycles. The van der Waals surface area contributed by atoms with E-state index in [0.29, 0.717) is 11.8 Å². The number of thioether (sulfide) groups is 1. The van der Waals surface area contributed by atoms with Crippen LogP contribution in [0.3, 0.4) is 0 Å². The number of fused-ring (bicyclic) bond motifs is 1. The molecule has 3 aromatic rings. The lowest BCUT2D eigenvalue weighted by molar-refractivity contribution is -0.102. The van der Waals surface area contributed by atoms with Crippen molar-refractivity contribution in [3.05, 3.63) is 94.6 Å². The highest BCUT2D eigenvalue weighted by molar-refractivity contribution is 7.98. The Morgan fingerprint density at radius 2 is 1.82 bits per heavy atom. The van der Waals surface area contributed by atoms with E-state index in [4.69, 9.17) is 0 Å². The lowest BCUT2D eigenvalue weighted by Crippen LogP contribution is -2.21. The Labute approximate surface area is 204 Å². The van der Waals surface area contributed by atoms with Crippen molar-refractivity contribution in [3.63, 3.8) is 0 Å². The number of hydrazone groups is 1. The van der Waals surface area contributed by atoms with Crippen molar-refractivity contribution < 1.29 is 9.59 Å². The molecule has 0 spiro atoms. The summed E-state index contributed by atoms with van der Waals surface area (Å²) in [5.41, 5.74) is 7.53. The molecule has 0 heterocycles. The van der Waals surface area contributed by atoms with E-state index in [-0.39, 0.29) is 5.91 Å². The molecule has 0 atom stereocenters. The summed E-state index contributed by atoms with van der Waals surface area (Å²) < 4.78 is 0. The highest BCUT2D eigenvalue weighted by Gasteiger charge is 2.24. The van der Waals surface area contributed by atoms with Crippen LogP contribution < -0.4 is 10.3 Å². The zero-order valence-corrected chi connectivity index (χ0v) is 20.4. The molecule has 1 amide bonds. The van der Waals surface area contributed by atoms with Crippen LogP contribution in [0.4, 0.5) is 11.4 Å². The third-order valence-electron chi connectivity index (χ3n) is 5.85. The molecule has 1 aliphatic carbocycles. The highest BCUT2D eigenvalue weighted by Crippen LogP contribution is 2.38. The van der Waals surface area contributed by atoms with Gasteiger partial charge in [-0.2, -0.15) is 5.10 Å². The first-order valence-electron chi connectivity index (χ1n) is 11.1. The van der Waals surface area contributed by atoms with Crippen molar-refractivity contribution in [3.8, 4) is 0 Å². The summed E-state index contributed by atoms with van der Waals surface area (Å²) in [6, 6.07) is 21.6. The van der Waals surface area contributed by atoms with Gasteiger partial charge >= 0.3 is 0 Å². The minimum atomic E-state index is -0.148. The molecule has 1 N–H and O–H groups in total. The molecule has 34 heavy (non-hydrogen) atoms. The first-order valence-corrected chi connectivity index (χ1v) is 12.4. The van der Waals surface area contributed by atoms with E-state index in [1.54, 1.807) is 11.8 Å². The van der Waals surface area contributed by atoms with Gasteiger partial charge in [-0.15, -0.1) is 11.8 Å². The molecule has 5 nitrogen and oxygen atoms in total. The van der Waals surface area contributed by atoms with Gasteiger partial charge in [0.15, 0.2) is 6.29 Å². The maximum Gasteiger partial charge on any atom is 0.255 e. The van der Waals surface area contributed by atoms with Crippen LogP contribution in [0.15, 0.2) is 82.3 Å². The number of hydrogen-bond donors (Lipinski definition) is 1. The van der Waals surface area contributed by atoms with E-state index in [0.717, 1.165) is 45.9 Å². The Bertz CT molecular complexity index is 1280. The molecule has 0 bridgehead atoms. The van der Waals surface area contributed by atoms with E-state index in [2.05, 4.69) is 23.4 Å². The number of aldehydes is 1. The fraction of sp³-hybridized carbons (Fsp3) is 0.179. The van der Waals surface area contributed by atoms with Crippen LogP contribution in [-0.4, -0.2) is 24.7 Å². The van der Waals surface area contributed by atoms with Crippen LogP contribution in [0.25, 0.3) is 5.70 Å². The van der Waals surface area contributed by atoms with Gasteiger partial charge in [-0.1, -0.05) is 23.8 Å². The number of nitrogens with zero attached hydrogens (tertiary/aromatic N) is 2. The summed E-state index contributed by atoms with van der Waals surface area (Å²) in [6.07, 6.45) is 5.79. The zero-order valence-electron chi connectivity index (χ0n) is 19.5. The van der Waals surface area contributed by atoms with Gasteiger partial charge in [0.05, 0.1) is 17.6 Å². The summed E-state index contributed by atoms with van der Waals surface area (Å²) in [5, 5.41) is 9.32. The second kappa shape index (κ2) is 10.5. The average Bonchev–Trinajstić information content (AvgIpc) is 2.85. The summed E-state index contributed by atoms with van der Waals surface area (Å²) >= 11 is 1.67. The van der Waals surface area contributed by atoms with Gasteiger partial charge in [-0.05, 0) is 92.6 Å². The molecular formula is C28H27N3O2S. The molecular weight excluding hydrogens is 442 g/mol. The molecule has 0 fully saturated rings. The van der Waals surface area contributed by atoms with Crippen LogP contribution in [-0.2, 0) is 11.2 Å². The molecule has 0 aliphatic heterocycles. The van der Waals surface area contributed by atoms with Crippen molar-refractivity contribution >= 4 is 47.2 Å². The van der Waals surface area contributed by atoms with E-state index in [9.17, 15) is 9.59 Å². The van der Waals surface area contributed by atoms with Crippen molar-refractivity contribution in [2.24, 2.45) is 5.10 Å². The average molecular weight is 470 g/mol. The lowest BCUT2D eigenvalue weighted by atomic mass is 9.89. The maximum atomic E-state index is 12.8. The predicted molar refractivity (Wildman–Crippen MR) is 142 cm³/mol. The molecule has 4 rings (SSSR count). The topological polar surface area (TPSA) is 61.8 Å². The molecule has 0 radical (unpaired) electrons. The van der Waals surface area contributed by atoms with Gasteiger partial charge in [0, 0.05) is 21.7 Å². The molecule has 0 unspecified atom stereocenters. The highest BCUT2D eigenvalue weighted by atomic mass is 32.2. The minimum absolute atomic E-state index is 0.148. The van der Waals surface area contributed by atoms with Crippen LogP contribution in [0.1, 0.15) is 40.4 Å². The van der Waals surface area contributed by atoms with Crippen molar-refractivity contribution in [2.75, 3.05) is 16.6 Å². The molecule has 0 saturated heterocycles. The molecule has 172 valence electrons. The number of anilines is 2. The van der Waals surface area contributed by atoms with E-state index >= 15 is 0 Å². The van der Waals surface area contributed by atoms with E-state index in [1.807, 2.05) is 78.9 Å². The standard InChI is InChI=1S/C28H27N3O2S/c1-19-5-4-6-22(17-19)28(33)30-23-10-9-21-8-7-20(2)27(26(21)18-23)31(29-15-16-32)24-11-13-25(34-3)14-12-24/h4-6,9-18H,7-8H2,1-3H3,(H,30,33)/b29-15+. The minimum Gasteiger partial charge on any atom is -0.322 e. The van der Waals surface area contributed by atoms with Crippen LogP contribution in [0.5, 0.6) is 0 Å². The fourth-order valence-electron chi connectivity index (χ4n) is 4.12. The van der Waals surface area contributed by atoms with Gasteiger partial charge in [0.25, 0.3) is 5.91 Å². The normalized spacial score (nSPS) is 13.0. The number of amides is 1. The largest absolute Gasteiger partial charge is 0.322 e. The Morgan fingerprint density at radius 1 is 1.03 bits per heavy atom. The zero-order chi connectivity index (χ0) is 24.1. The van der Waals surface area contributed by atoms with E-state index < -0.39 is 0 Å². The number of nitrogens with one attached hydrogen (secondary N) is 1. The first-order chi connectivity index (χ1) is 16.5. The van der Waals surface area contributed by atoms with Crippen molar-refractivity contribution in [2.45, 2.75) is 31.6 Å². The maximum absolute atomic E-state index is 12.8. The number of carbonyl (C=O) groups excluding carboxylic acids is 2. The second-order valence-electron chi connectivity index (χ2n) is 8.23. The number of aryl methyl sites for hydroxylation is 2. The fourth-order valence-corrected chi connectivity index (χ4v) is 4.53. The SMILES string of the molecule is CSc1ccc(N(/N=C/C=O)C2=C(C)CCc3ccc(NC(=O)c4cccc(C)c4)cc32)cc1. The molecule has 1 aliphatic rings. The van der Waals surface area contributed by atoms with Gasteiger partial charge in [-0.3, -0.25) is 9.59 Å². The van der Waals surface area contributed by atoms with Crippen molar-refractivity contribution in [1.29, 1.82) is 0 Å².